The monoisotopic (exact) mass is 534 g/mol. The highest BCUT2D eigenvalue weighted by atomic mass is 127. The van der Waals surface area contributed by atoms with Crippen LogP contribution in [-0.2, 0) is 11.3 Å². The molecule has 3 rings (SSSR count). The van der Waals surface area contributed by atoms with E-state index in [2.05, 4.69) is 27.3 Å². The Kier molecular flexibility index (Phi) is 9.14. The summed E-state index contributed by atoms with van der Waals surface area (Å²) >= 11 is 12.2. The predicted molar refractivity (Wildman–Crippen MR) is 128 cm³/mol. The Bertz CT molecular complexity index is 813. The quantitative estimate of drug-likeness (QED) is 0.334. The number of ether oxygens (including phenoxy) is 1. The first kappa shape index (κ1) is 23.1. The topological polar surface area (TPSA) is 62.9 Å². The van der Waals surface area contributed by atoms with Crippen LogP contribution in [0.5, 0.6) is 0 Å². The Hall–Kier alpha value is -1.22. The average Bonchev–Trinajstić information content (AvgIpc) is 2.67. The van der Waals surface area contributed by atoms with Gasteiger partial charge in [0.2, 0.25) is 0 Å². The first-order valence-electron chi connectivity index (χ1n) is 8.96. The summed E-state index contributed by atoms with van der Waals surface area (Å²) in [6.45, 7) is 5.77. The number of nitrogens with one attached hydrogen (secondary N) is 1. The van der Waals surface area contributed by atoms with Gasteiger partial charge in [0.1, 0.15) is 0 Å². The van der Waals surface area contributed by atoms with Gasteiger partial charge in [0.25, 0.3) is 0 Å². The van der Waals surface area contributed by atoms with E-state index in [0.29, 0.717) is 22.5 Å². The largest absolute Gasteiger partial charge is 0.378 e. The highest BCUT2D eigenvalue weighted by molar-refractivity contribution is 14.0. The Morgan fingerprint density at radius 1 is 1.21 bits per heavy atom. The number of hydrogen-bond acceptors (Lipinski definition) is 3. The number of benzene rings is 2. The number of guanidine groups is 1. The Labute approximate surface area is 193 Å². The SMILES string of the molecule is CC(NC(N)=NCc1ccccc1N1CCOCC1)c1ccc(Cl)cc1Cl.I. The van der Waals surface area contributed by atoms with Crippen LogP contribution in [0.4, 0.5) is 5.69 Å². The highest BCUT2D eigenvalue weighted by Crippen LogP contribution is 2.26. The van der Waals surface area contributed by atoms with Crippen LogP contribution < -0.4 is 16.0 Å². The molecule has 2 aromatic rings. The van der Waals surface area contributed by atoms with Crippen molar-refractivity contribution in [2.24, 2.45) is 10.7 Å². The second kappa shape index (κ2) is 11.1. The summed E-state index contributed by atoms with van der Waals surface area (Å²) in [6, 6.07) is 13.6. The molecule has 3 N–H and O–H groups in total. The summed E-state index contributed by atoms with van der Waals surface area (Å²) in [5.74, 6) is 0.380. The first-order valence-corrected chi connectivity index (χ1v) is 9.72. The van der Waals surface area contributed by atoms with Crippen LogP contribution in [0, 0.1) is 0 Å². The maximum atomic E-state index is 6.27. The minimum Gasteiger partial charge on any atom is -0.378 e. The number of hydrogen-bond donors (Lipinski definition) is 2. The van der Waals surface area contributed by atoms with Crippen molar-refractivity contribution in [3.63, 3.8) is 0 Å². The minimum atomic E-state index is -0.0759. The normalized spacial score (nSPS) is 15.7. The molecule has 1 atom stereocenters. The molecule has 1 aliphatic rings. The van der Waals surface area contributed by atoms with Gasteiger partial charge in [-0.2, -0.15) is 0 Å². The molecule has 1 aliphatic heterocycles. The van der Waals surface area contributed by atoms with E-state index in [1.165, 1.54) is 5.69 Å². The summed E-state index contributed by atoms with van der Waals surface area (Å²) in [6.07, 6.45) is 0. The van der Waals surface area contributed by atoms with E-state index < -0.39 is 0 Å². The number of aliphatic imine (C=N–C) groups is 1. The molecule has 0 spiro atoms. The zero-order valence-electron chi connectivity index (χ0n) is 15.7. The van der Waals surface area contributed by atoms with E-state index >= 15 is 0 Å². The van der Waals surface area contributed by atoms with Crippen LogP contribution in [-0.4, -0.2) is 32.3 Å². The predicted octanol–water partition coefficient (Wildman–Crippen LogP) is 4.61. The van der Waals surface area contributed by atoms with Gasteiger partial charge in [0.15, 0.2) is 5.96 Å². The summed E-state index contributed by atoms with van der Waals surface area (Å²) < 4.78 is 5.44. The number of halogens is 3. The third-order valence-electron chi connectivity index (χ3n) is 4.56. The molecule has 0 saturated carbocycles. The smallest absolute Gasteiger partial charge is 0.189 e. The Morgan fingerprint density at radius 2 is 1.93 bits per heavy atom. The van der Waals surface area contributed by atoms with Gasteiger partial charge in [-0.3, -0.25) is 0 Å². The van der Waals surface area contributed by atoms with Crippen molar-refractivity contribution < 1.29 is 4.74 Å². The Morgan fingerprint density at radius 3 is 2.64 bits per heavy atom. The fourth-order valence-electron chi connectivity index (χ4n) is 3.13. The van der Waals surface area contributed by atoms with Gasteiger partial charge >= 0.3 is 0 Å². The van der Waals surface area contributed by atoms with E-state index in [1.807, 2.05) is 31.2 Å². The molecule has 28 heavy (non-hydrogen) atoms. The van der Waals surface area contributed by atoms with Crippen molar-refractivity contribution >= 4 is 58.8 Å². The van der Waals surface area contributed by atoms with Crippen molar-refractivity contribution in [1.82, 2.24) is 5.32 Å². The number of nitrogens with zero attached hydrogens (tertiary/aromatic N) is 2. The van der Waals surface area contributed by atoms with Crippen LogP contribution in [0.1, 0.15) is 24.1 Å². The fourth-order valence-corrected chi connectivity index (χ4v) is 3.70. The average molecular weight is 535 g/mol. The van der Waals surface area contributed by atoms with Crippen LogP contribution in [0.25, 0.3) is 0 Å². The lowest BCUT2D eigenvalue weighted by Crippen LogP contribution is -2.37. The molecule has 1 unspecified atom stereocenters. The van der Waals surface area contributed by atoms with Gasteiger partial charge in [-0.1, -0.05) is 47.5 Å². The van der Waals surface area contributed by atoms with Gasteiger partial charge < -0.3 is 20.7 Å². The lowest BCUT2D eigenvalue weighted by Gasteiger charge is -2.30. The maximum Gasteiger partial charge on any atom is 0.189 e. The number of anilines is 1. The van der Waals surface area contributed by atoms with Crippen molar-refractivity contribution in [2.45, 2.75) is 19.5 Å². The molecule has 1 heterocycles. The van der Waals surface area contributed by atoms with E-state index in [-0.39, 0.29) is 30.0 Å². The third kappa shape index (κ3) is 6.14. The van der Waals surface area contributed by atoms with E-state index in [1.54, 1.807) is 6.07 Å². The van der Waals surface area contributed by atoms with Crippen molar-refractivity contribution in [3.05, 3.63) is 63.6 Å². The number of nitrogens with two attached hydrogens (primary N) is 1. The van der Waals surface area contributed by atoms with Crippen molar-refractivity contribution in [3.8, 4) is 0 Å². The summed E-state index contributed by atoms with van der Waals surface area (Å²) in [5, 5.41) is 4.41. The zero-order chi connectivity index (χ0) is 19.2. The van der Waals surface area contributed by atoms with Crippen LogP contribution in [0.15, 0.2) is 47.5 Å². The van der Waals surface area contributed by atoms with Gasteiger partial charge in [-0.25, -0.2) is 4.99 Å². The van der Waals surface area contributed by atoms with Crippen molar-refractivity contribution in [2.75, 3.05) is 31.2 Å². The Balaban J connectivity index is 0.00000280. The number of rotatable bonds is 5. The molecule has 1 saturated heterocycles. The molecule has 0 bridgehead atoms. The van der Waals surface area contributed by atoms with Gasteiger partial charge in [-0.15, -0.1) is 24.0 Å². The molecule has 1 fully saturated rings. The second-order valence-corrected chi connectivity index (χ2v) is 7.31. The maximum absolute atomic E-state index is 6.27. The number of morpholine rings is 1. The molecule has 5 nitrogen and oxygen atoms in total. The van der Waals surface area contributed by atoms with E-state index in [4.69, 9.17) is 33.7 Å². The lowest BCUT2D eigenvalue weighted by atomic mass is 10.1. The number of para-hydroxylation sites is 1. The lowest BCUT2D eigenvalue weighted by molar-refractivity contribution is 0.122. The zero-order valence-corrected chi connectivity index (χ0v) is 19.5. The van der Waals surface area contributed by atoms with Crippen molar-refractivity contribution in [1.29, 1.82) is 0 Å². The fraction of sp³-hybridized carbons (Fsp3) is 0.350. The molecular formula is C20H25Cl2IN4O. The van der Waals surface area contributed by atoms with E-state index in [0.717, 1.165) is 37.4 Å². The first-order chi connectivity index (χ1) is 13.0. The highest BCUT2D eigenvalue weighted by Gasteiger charge is 2.14. The van der Waals surface area contributed by atoms with E-state index in [9.17, 15) is 0 Å². The summed E-state index contributed by atoms with van der Waals surface area (Å²) in [5.41, 5.74) is 9.35. The van der Waals surface area contributed by atoms with Crippen LogP contribution in [0.3, 0.4) is 0 Å². The standard InChI is InChI=1S/C20H24Cl2N4O.HI/c1-14(17-7-6-16(21)12-18(17)22)25-20(23)24-13-15-4-2-3-5-19(15)26-8-10-27-11-9-26;/h2-7,12,14H,8-11,13H2,1H3,(H3,23,24,25);1H. The van der Waals surface area contributed by atoms with Crippen LogP contribution in [0.2, 0.25) is 10.0 Å². The molecule has 0 aliphatic carbocycles. The molecule has 0 aromatic heterocycles. The summed E-state index contributed by atoms with van der Waals surface area (Å²) in [7, 11) is 0. The minimum absolute atomic E-state index is 0. The van der Waals surface area contributed by atoms with Gasteiger partial charge in [-0.05, 0) is 36.2 Å². The van der Waals surface area contributed by atoms with Gasteiger partial charge in [0, 0.05) is 28.8 Å². The third-order valence-corrected chi connectivity index (χ3v) is 5.12. The molecule has 152 valence electrons. The summed E-state index contributed by atoms with van der Waals surface area (Å²) in [4.78, 5) is 6.85. The second-order valence-electron chi connectivity index (χ2n) is 6.46. The molecular weight excluding hydrogens is 510 g/mol. The molecule has 8 heteroatoms. The molecule has 2 aromatic carbocycles. The van der Waals surface area contributed by atoms with Crippen LogP contribution >= 0.6 is 47.2 Å². The van der Waals surface area contributed by atoms with Gasteiger partial charge in [0.05, 0.1) is 25.8 Å². The molecule has 0 amide bonds. The molecule has 0 radical (unpaired) electrons.